The van der Waals surface area contributed by atoms with Crippen LogP contribution in [0.2, 0.25) is 0 Å². The van der Waals surface area contributed by atoms with E-state index in [0.29, 0.717) is 0 Å². The molecule has 10 rings (SSSR count). The van der Waals surface area contributed by atoms with Crippen LogP contribution in [0.5, 0.6) is 0 Å². The first-order valence-corrected chi connectivity index (χ1v) is 19.6. The van der Waals surface area contributed by atoms with Crippen molar-refractivity contribution in [3.05, 3.63) is 185 Å². The predicted molar refractivity (Wildman–Crippen MR) is 242 cm³/mol. The first-order chi connectivity index (χ1) is 26.8. The van der Waals surface area contributed by atoms with Gasteiger partial charge in [0.1, 0.15) is 0 Å². The van der Waals surface area contributed by atoms with Gasteiger partial charge in [-0.25, -0.2) is 0 Å². The Labute approximate surface area is 324 Å². The molecule has 0 nitrogen and oxygen atoms in total. The molecule has 0 saturated carbocycles. The summed E-state index contributed by atoms with van der Waals surface area (Å²) in [6.07, 6.45) is 0. The molecule has 0 radical (unpaired) electrons. The molecule has 0 fully saturated rings. The molecule has 0 saturated heterocycles. The zero-order valence-electron chi connectivity index (χ0n) is 32.5. The van der Waals surface area contributed by atoms with Gasteiger partial charge < -0.3 is 0 Å². The monoisotopic (exact) mass is 702 g/mol. The molecule has 0 aromatic heterocycles. The summed E-state index contributed by atoms with van der Waals surface area (Å²) in [4.78, 5) is 0. The van der Waals surface area contributed by atoms with E-state index in [0.717, 1.165) is 0 Å². The topological polar surface area (TPSA) is 0 Å². The van der Waals surface area contributed by atoms with Crippen LogP contribution >= 0.6 is 0 Å². The Morgan fingerprint density at radius 3 is 1.33 bits per heavy atom. The zero-order valence-corrected chi connectivity index (χ0v) is 32.5. The number of hydrogen-bond donors (Lipinski definition) is 0. The maximum Gasteiger partial charge on any atom is 0.243 e. The van der Waals surface area contributed by atoms with E-state index >= 15 is 0 Å². The number of hydrogen-bond acceptors (Lipinski definition) is 0. The van der Waals surface area contributed by atoms with Gasteiger partial charge in [0, 0.05) is 0 Å². The fourth-order valence-electron chi connectivity index (χ4n) is 10.3. The number of benzene rings is 10. The third-order valence-electron chi connectivity index (χ3n) is 12.3. The van der Waals surface area contributed by atoms with Crippen molar-refractivity contribution in [2.24, 2.45) is 0 Å². The summed E-state index contributed by atoms with van der Waals surface area (Å²) in [7, 11) is 0. The predicted octanol–water partition coefficient (Wildman–Crippen LogP) is 12.6. The maximum absolute atomic E-state index is 2.57. The van der Waals surface area contributed by atoms with E-state index in [-0.39, 0.29) is 6.71 Å². The molecule has 262 valence electrons. The lowest BCUT2D eigenvalue weighted by Crippen LogP contribution is -2.56. The quantitative estimate of drug-likeness (QED) is 0.124. The van der Waals surface area contributed by atoms with E-state index in [1.54, 1.807) is 0 Å². The first kappa shape index (κ1) is 33.4. The molecule has 0 aliphatic rings. The Morgan fingerprint density at radius 1 is 0.309 bits per heavy atom. The normalized spacial score (nSPS) is 11.8. The molecule has 0 unspecified atom stereocenters. The van der Waals surface area contributed by atoms with Crippen LogP contribution in [0.15, 0.2) is 152 Å². The van der Waals surface area contributed by atoms with Crippen LogP contribution in [0.25, 0.3) is 76.1 Å². The molecule has 0 aliphatic carbocycles. The lowest BCUT2D eigenvalue weighted by molar-refractivity contribution is 1.34. The molecule has 10 aromatic carbocycles. The first-order valence-electron chi connectivity index (χ1n) is 19.6. The van der Waals surface area contributed by atoms with Gasteiger partial charge in [-0.15, -0.1) is 0 Å². The molecule has 0 amide bonds. The van der Waals surface area contributed by atoms with Crippen molar-refractivity contribution < 1.29 is 0 Å². The lowest BCUT2D eigenvalue weighted by atomic mass is 9.33. The summed E-state index contributed by atoms with van der Waals surface area (Å²) in [5, 5.41) is 13.0. The molecule has 0 N–H and O–H groups in total. The summed E-state index contributed by atoms with van der Waals surface area (Å²) in [6, 6.07) is 57.6. The van der Waals surface area contributed by atoms with Crippen LogP contribution in [-0.2, 0) is 0 Å². The molecule has 0 spiro atoms. The Bertz CT molecular complexity index is 3050. The minimum absolute atomic E-state index is 0.0389. The SMILES string of the molecule is Cc1cc(C)c(B(c2c(C)cc(C)cc2C)c2cc(-c3cccc4ccccc34)c3ccc4ccc(-c5cccc6ccccc56)c5ccc2c3c45)c(C)c1. The second kappa shape index (κ2) is 12.7. The Morgan fingerprint density at radius 2 is 0.745 bits per heavy atom. The van der Waals surface area contributed by atoms with Crippen molar-refractivity contribution >= 4 is 77.0 Å². The zero-order chi connectivity index (χ0) is 37.5. The summed E-state index contributed by atoms with van der Waals surface area (Å²) >= 11 is 0. The average Bonchev–Trinajstić information content (AvgIpc) is 3.18. The van der Waals surface area contributed by atoms with Gasteiger partial charge in [0.25, 0.3) is 0 Å². The Kier molecular flexibility index (Phi) is 7.72. The van der Waals surface area contributed by atoms with E-state index in [9.17, 15) is 0 Å². The van der Waals surface area contributed by atoms with Crippen LogP contribution < -0.4 is 16.4 Å². The molecule has 1 heteroatoms. The largest absolute Gasteiger partial charge is 0.243 e. The molecule has 10 aromatic rings. The highest BCUT2D eigenvalue weighted by molar-refractivity contribution is 6.98. The standard InChI is InChI=1S/C54H43B/c1-32-27-34(3)53(35(4)28-32)55(54-36(5)29-33(2)30-37(54)6)50-31-49(44-20-12-16-39-14-8-10-18-42(39)44)47-24-22-40-21-23-45(46-25-26-48(50)52(47)51(40)46)43-19-11-15-38-13-7-9-17-41(38)43/h7-31H,1-6H3. The summed E-state index contributed by atoms with van der Waals surface area (Å²) in [5.74, 6) is 0. The van der Waals surface area contributed by atoms with E-state index < -0.39 is 0 Å². The van der Waals surface area contributed by atoms with Crippen LogP contribution in [0.3, 0.4) is 0 Å². The van der Waals surface area contributed by atoms with Crippen molar-refractivity contribution in [3.8, 4) is 22.3 Å². The smallest absolute Gasteiger partial charge is 0.0629 e. The minimum Gasteiger partial charge on any atom is -0.0629 e. The summed E-state index contributed by atoms with van der Waals surface area (Å²) in [5.41, 5.74) is 17.3. The van der Waals surface area contributed by atoms with Crippen molar-refractivity contribution in [1.82, 2.24) is 0 Å². The van der Waals surface area contributed by atoms with Gasteiger partial charge in [-0.3, -0.25) is 0 Å². The summed E-state index contributed by atoms with van der Waals surface area (Å²) in [6.45, 7) is 13.8. The third-order valence-corrected chi connectivity index (χ3v) is 12.3. The fraction of sp³-hybridized carbons (Fsp3) is 0.111. The highest BCUT2D eigenvalue weighted by Gasteiger charge is 2.32. The van der Waals surface area contributed by atoms with E-state index in [2.05, 4.69) is 193 Å². The van der Waals surface area contributed by atoms with Gasteiger partial charge in [0.15, 0.2) is 0 Å². The van der Waals surface area contributed by atoms with Gasteiger partial charge in [0.05, 0.1) is 0 Å². The highest BCUT2D eigenvalue weighted by Crippen LogP contribution is 2.44. The van der Waals surface area contributed by atoms with Gasteiger partial charge in [-0.05, 0) is 118 Å². The minimum atomic E-state index is 0.0389. The van der Waals surface area contributed by atoms with Crippen molar-refractivity contribution in [2.45, 2.75) is 41.5 Å². The second-order valence-corrected chi connectivity index (χ2v) is 16.0. The van der Waals surface area contributed by atoms with Crippen LogP contribution in [-0.4, -0.2) is 6.71 Å². The van der Waals surface area contributed by atoms with E-state index in [4.69, 9.17) is 0 Å². The van der Waals surface area contributed by atoms with Gasteiger partial charge in [-0.2, -0.15) is 0 Å². The number of rotatable bonds is 5. The highest BCUT2D eigenvalue weighted by atomic mass is 14.2. The van der Waals surface area contributed by atoms with Crippen LogP contribution in [0.4, 0.5) is 0 Å². The lowest BCUT2D eigenvalue weighted by Gasteiger charge is -2.28. The average molecular weight is 703 g/mol. The molecule has 0 heterocycles. The Hall–Kier alpha value is -6.18. The molecular formula is C54H43B. The van der Waals surface area contributed by atoms with Gasteiger partial charge >= 0.3 is 0 Å². The number of aryl methyl sites for hydroxylation is 6. The van der Waals surface area contributed by atoms with Crippen LogP contribution in [0.1, 0.15) is 33.4 Å². The van der Waals surface area contributed by atoms with Gasteiger partial charge in [0.2, 0.25) is 6.71 Å². The molecule has 0 aliphatic heterocycles. The third kappa shape index (κ3) is 5.21. The van der Waals surface area contributed by atoms with Crippen LogP contribution in [0, 0.1) is 41.5 Å². The second-order valence-electron chi connectivity index (χ2n) is 16.0. The van der Waals surface area contributed by atoms with E-state index in [1.165, 1.54) is 126 Å². The maximum atomic E-state index is 2.57. The Balaban J connectivity index is 1.40. The molecule has 0 bridgehead atoms. The van der Waals surface area contributed by atoms with Crippen molar-refractivity contribution in [2.75, 3.05) is 0 Å². The molecular weight excluding hydrogens is 659 g/mol. The van der Waals surface area contributed by atoms with Crippen molar-refractivity contribution in [1.29, 1.82) is 0 Å². The summed E-state index contributed by atoms with van der Waals surface area (Å²) < 4.78 is 0. The number of fused-ring (bicyclic) bond motifs is 2. The van der Waals surface area contributed by atoms with E-state index in [1.807, 2.05) is 0 Å². The van der Waals surface area contributed by atoms with Gasteiger partial charge in [-0.1, -0.05) is 201 Å². The fourth-order valence-corrected chi connectivity index (χ4v) is 10.3. The van der Waals surface area contributed by atoms with Crippen molar-refractivity contribution in [3.63, 3.8) is 0 Å². The molecule has 55 heavy (non-hydrogen) atoms. The molecule has 0 atom stereocenters.